The molecule has 0 saturated heterocycles. The maximum absolute atomic E-state index is 5.84. The minimum atomic E-state index is 0.611. The molecule has 1 saturated carbocycles. The Morgan fingerprint density at radius 1 is 1.47 bits per heavy atom. The smallest absolute Gasteiger partial charge is 0.188 e. The minimum Gasteiger partial charge on any atom is -0.315 e. The van der Waals surface area contributed by atoms with Crippen LogP contribution < -0.4 is 5.32 Å². The zero-order valence-electron chi connectivity index (χ0n) is 8.78. The second-order valence-electron chi connectivity index (χ2n) is 3.96. The van der Waals surface area contributed by atoms with Crippen molar-refractivity contribution in [1.29, 1.82) is 0 Å². The number of rotatable bonds is 3. The molecule has 0 atom stereocenters. The molecule has 6 heteroatoms. The molecule has 88 valence electrons. The summed E-state index contributed by atoms with van der Waals surface area (Å²) < 4.78 is 0.841. The molecule has 2 aromatic heterocycles. The van der Waals surface area contributed by atoms with Crippen LogP contribution in [-0.4, -0.2) is 9.97 Å². The van der Waals surface area contributed by atoms with Crippen LogP contribution in [0.25, 0.3) is 0 Å². The highest BCUT2D eigenvalue weighted by Gasteiger charge is 2.26. The molecule has 1 N–H and O–H groups in total. The number of nitrogens with one attached hydrogen (secondary N) is 1. The first-order valence-electron chi connectivity index (χ1n) is 5.26. The number of thiazole rings is 1. The van der Waals surface area contributed by atoms with E-state index in [1.165, 1.54) is 18.5 Å². The van der Waals surface area contributed by atoms with Crippen LogP contribution in [0.5, 0.6) is 0 Å². The maximum atomic E-state index is 5.84. The summed E-state index contributed by atoms with van der Waals surface area (Å²) in [5.74, 6) is 1.43. The molecule has 1 aliphatic rings. The molecule has 3 nitrogen and oxygen atoms in total. The number of pyridine rings is 1. The summed E-state index contributed by atoms with van der Waals surface area (Å²) >= 11 is 10.9. The third-order valence-electron chi connectivity index (χ3n) is 2.55. The molecule has 0 radical (unpaired) electrons. The number of halogens is 2. The van der Waals surface area contributed by atoms with Crippen LogP contribution >= 0.6 is 38.9 Å². The first kappa shape index (κ1) is 11.4. The summed E-state index contributed by atoms with van der Waals surface area (Å²) in [5.41, 5.74) is 1.20. The van der Waals surface area contributed by atoms with Crippen molar-refractivity contribution in [2.45, 2.75) is 18.8 Å². The summed E-state index contributed by atoms with van der Waals surface area (Å²) in [5, 5.41) is 6.80. The first-order valence-corrected chi connectivity index (χ1v) is 7.31. The average molecular weight is 331 g/mol. The van der Waals surface area contributed by atoms with Crippen LogP contribution in [0.2, 0.25) is 5.02 Å². The van der Waals surface area contributed by atoms with Gasteiger partial charge in [-0.15, -0.1) is 11.3 Å². The second-order valence-corrected chi connectivity index (χ2v) is 6.11. The first-order chi connectivity index (χ1) is 8.22. The van der Waals surface area contributed by atoms with Gasteiger partial charge in [-0.2, -0.15) is 0 Å². The van der Waals surface area contributed by atoms with Gasteiger partial charge < -0.3 is 5.32 Å². The second kappa shape index (κ2) is 4.55. The van der Waals surface area contributed by atoms with Crippen molar-refractivity contribution in [2.24, 2.45) is 0 Å². The Labute approximate surface area is 116 Å². The largest absolute Gasteiger partial charge is 0.315 e. The molecule has 2 aromatic rings. The van der Waals surface area contributed by atoms with Crippen LogP contribution in [0.1, 0.15) is 24.5 Å². The molecule has 0 aromatic carbocycles. The normalized spacial score (nSPS) is 14.9. The number of anilines is 2. The van der Waals surface area contributed by atoms with Crippen molar-refractivity contribution in [3.8, 4) is 0 Å². The topological polar surface area (TPSA) is 37.8 Å². The van der Waals surface area contributed by atoms with E-state index in [1.54, 1.807) is 17.5 Å². The van der Waals surface area contributed by atoms with E-state index in [0.717, 1.165) is 15.4 Å². The Kier molecular flexibility index (Phi) is 3.06. The highest BCUT2D eigenvalue weighted by Crippen LogP contribution is 2.41. The summed E-state index contributed by atoms with van der Waals surface area (Å²) in [4.78, 5) is 8.76. The van der Waals surface area contributed by atoms with Crippen LogP contribution in [0.15, 0.2) is 22.1 Å². The zero-order chi connectivity index (χ0) is 11.8. The van der Waals surface area contributed by atoms with E-state index in [0.29, 0.717) is 10.9 Å². The summed E-state index contributed by atoms with van der Waals surface area (Å²) in [6, 6.07) is 1.81. The monoisotopic (exact) mass is 329 g/mol. The van der Waals surface area contributed by atoms with Gasteiger partial charge >= 0.3 is 0 Å². The lowest BCUT2D eigenvalue weighted by Gasteiger charge is -2.03. The Morgan fingerprint density at radius 2 is 2.29 bits per heavy atom. The van der Waals surface area contributed by atoms with Crippen LogP contribution in [0, 0.1) is 0 Å². The van der Waals surface area contributed by atoms with Crippen molar-refractivity contribution >= 4 is 49.8 Å². The van der Waals surface area contributed by atoms with E-state index in [9.17, 15) is 0 Å². The molecule has 2 heterocycles. The summed E-state index contributed by atoms with van der Waals surface area (Å²) in [6.45, 7) is 0. The molecule has 17 heavy (non-hydrogen) atoms. The zero-order valence-corrected chi connectivity index (χ0v) is 11.9. The fourth-order valence-corrected chi connectivity index (χ4v) is 3.05. The number of hydrogen-bond donors (Lipinski definition) is 1. The fourth-order valence-electron chi connectivity index (χ4n) is 1.52. The van der Waals surface area contributed by atoms with Crippen molar-refractivity contribution in [1.82, 2.24) is 9.97 Å². The van der Waals surface area contributed by atoms with Gasteiger partial charge in [0.15, 0.2) is 5.13 Å². The van der Waals surface area contributed by atoms with E-state index < -0.39 is 0 Å². The van der Waals surface area contributed by atoms with Gasteiger partial charge in [-0.25, -0.2) is 9.97 Å². The van der Waals surface area contributed by atoms with Gasteiger partial charge in [0.25, 0.3) is 0 Å². The molecular weight excluding hydrogens is 322 g/mol. The quantitative estimate of drug-likeness (QED) is 0.895. The Hall–Kier alpha value is -0.650. The van der Waals surface area contributed by atoms with Gasteiger partial charge in [0.1, 0.15) is 5.82 Å². The molecule has 3 rings (SSSR count). The van der Waals surface area contributed by atoms with Gasteiger partial charge in [0, 0.05) is 17.5 Å². The highest BCUT2D eigenvalue weighted by atomic mass is 79.9. The van der Waals surface area contributed by atoms with E-state index in [2.05, 4.69) is 36.6 Å². The Bertz CT molecular complexity index is 553. The predicted molar refractivity (Wildman–Crippen MR) is 74.3 cm³/mol. The van der Waals surface area contributed by atoms with Crippen molar-refractivity contribution in [2.75, 3.05) is 5.32 Å². The van der Waals surface area contributed by atoms with Crippen LogP contribution in [0.3, 0.4) is 0 Å². The minimum absolute atomic E-state index is 0.611. The number of nitrogens with zero attached hydrogens (tertiary/aromatic N) is 2. The van der Waals surface area contributed by atoms with E-state index in [4.69, 9.17) is 11.6 Å². The van der Waals surface area contributed by atoms with E-state index >= 15 is 0 Å². The molecule has 1 fully saturated rings. The Balaban J connectivity index is 1.80. The van der Waals surface area contributed by atoms with Gasteiger partial charge in [-0.05, 0) is 34.8 Å². The van der Waals surface area contributed by atoms with E-state index in [1.807, 2.05) is 6.07 Å². The van der Waals surface area contributed by atoms with Crippen molar-refractivity contribution in [3.63, 3.8) is 0 Å². The standard InChI is InChI=1S/C11H9BrClN3S/c12-8-3-7(13)4-14-10(8)16-11-15-9(5-17-11)6-1-2-6/h3-6H,1-2H2,(H,14,15,16). The molecule has 1 aliphatic carbocycles. The molecule has 0 spiro atoms. The highest BCUT2D eigenvalue weighted by molar-refractivity contribution is 9.10. The van der Waals surface area contributed by atoms with Gasteiger partial charge in [-0.1, -0.05) is 11.6 Å². The summed E-state index contributed by atoms with van der Waals surface area (Å²) in [6.07, 6.45) is 4.15. The van der Waals surface area contributed by atoms with Gasteiger partial charge in [-0.3, -0.25) is 0 Å². The van der Waals surface area contributed by atoms with Gasteiger partial charge in [0.05, 0.1) is 15.2 Å². The molecule has 0 amide bonds. The predicted octanol–water partition coefficient (Wildman–Crippen LogP) is 4.58. The third-order valence-corrected chi connectivity index (χ3v) is 4.14. The van der Waals surface area contributed by atoms with E-state index in [-0.39, 0.29) is 0 Å². The average Bonchev–Trinajstić information content (AvgIpc) is 3.04. The Morgan fingerprint density at radius 3 is 3.00 bits per heavy atom. The fraction of sp³-hybridized carbons (Fsp3) is 0.273. The lowest BCUT2D eigenvalue weighted by molar-refractivity contribution is 1.05. The lowest BCUT2D eigenvalue weighted by Crippen LogP contribution is -1.94. The number of aromatic nitrogens is 2. The van der Waals surface area contributed by atoms with Crippen LogP contribution in [0.4, 0.5) is 10.9 Å². The molecule has 0 bridgehead atoms. The third kappa shape index (κ3) is 2.61. The van der Waals surface area contributed by atoms with Crippen molar-refractivity contribution < 1.29 is 0 Å². The SMILES string of the molecule is Clc1cnc(Nc2nc(C3CC3)cs2)c(Br)c1. The van der Waals surface area contributed by atoms with Crippen LogP contribution in [-0.2, 0) is 0 Å². The van der Waals surface area contributed by atoms with Gasteiger partial charge in [0.2, 0.25) is 0 Å². The lowest BCUT2D eigenvalue weighted by atomic mass is 10.3. The molecular formula is C11H9BrClN3S. The number of hydrogen-bond acceptors (Lipinski definition) is 4. The molecule has 0 unspecified atom stereocenters. The summed E-state index contributed by atoms with van der Waals surface area (Å²) in [7, 11) is 0. The maximum Gasteiger partial charge on any atom is 0.188 e. The van der Waals surface area contributed by atoms with Crippen molar-refractivity contribution in [3.05, 3.63) is 32.8 Å². The molecule has 0 aliphatic heterocycles.